The van der Waals surface area contributed by atoms with Crippen molar-refractivity contribution in [2.24, 2.45) is 0 Å². The Morgan fingerprint density at radius 3 is 1.77 bits per heavy atom. The van der Waals surface area contributed by atoms with Gasteiger partial charge in [-0.1, -0.05) is 0 Å². The molecule has 4 heterocycles. The average molecular weight is 741 g/mol. The zero-order valence-electron chi connectivity index (χ0n) is 27.5. The van der Waals surface area contributed by atoms with Gasteiger partial charge in [0.25, 0.3) is 0 Å². The molecule has 15 atom stereocenters. The van der Waals surface area contributed by atoms with Crippen LogP contribution >= 0.6 is 0 Å². The number of aliphatic hydroxyl groups excluding tert-OH is 8. The maximum Gasteiger partial charge on any atom is 0.239 e. The van der Waals surface area contributed by atoms with Gasteiger partial charge in [-0.2, -0.15) is 0 Å². The Morgan fingerprint density at radius 2 is 1.21 bits per heavy atom. The second-order valence-electron chi connectivity index (χ2n) is 12.9. The standard InChI is InChI=1S/C33H40O19/c1-10-19(38)22(41)24(43)31(46-10)50-28-17(9-34)49-33(26(45)30(28)52-32-25(44)23(42)20(39)11(2)47-32)51-29-21(40)18-15(37)7-14(36)8-16(18)48-27(29)12-3-5-13(35)6-4-12/h3-8,10-11,17,19-20,22-26,28,30-39,41-45H,9H2,1-2H3/t10-,11+,17+,19-,20-,22+,23+,24-,25-,26+,28-,30-,31-,32-,33-/m0/s1. The Morgan fingerprint density at radius 1 is 0.654 bits per heavy atom. The molecule has 0 saturated carbocycles. The fraction of sp³-hybridized carbons (Fsp3) is 0.545. The first-order valence-electron chi connectivity index (χ1n) is 16.2. The summed E-state index contributed by atoms with van der Waals surface area (Å²) in [6.07, 6.45) is -25.1. The second-order valence-corrected chi connectivity index (χ2v) is 12.9. The highest BCUT2D eigenvalue weighted by Gasteiger charge is 2.54. The number of aromatic hydroxyl groups is 3. The fourth-order valence-corrected chi connectivity index (χ4v) is 6.31. The third kappa shape index (κ3) is 7.03. The fourth-order valence-electron chi connectivity index (χ4n) is 6.31. The number of hydrogen-bond acceptors (Lipinski definition) is 19. The highest BCUT2D eigenvalue weighted by atomic mass is 16.8. The first kappa shape index (κ1) is 38.1. The highest BCUT2D eigenvalue weighted by molar-refractivity contribution is 5.88. The van der Waals surface area contributed by atoms with Crippen LogP contribution in [0, 0.1) is 0 Å². The summed E-state index contributed by atoms with van der Waals surface area (Å²) >= 11 is 0. The maximum atomic E-state index is 13.9. The lowest BCUT2D eigenvalue weighted by Crippen LogP contribution is -2.67. The van der Waals surface area contributed by atoms with Gasteiger partial charge >= 0.3 is 0 Å². The van der Waals surface area contributed by atoms with Crippen LogP contribution in [0.5, 0.6) is 23.0 Å². The molecule has 3 aliphatic rings. The van der Waals surface area contributed by atoms with Gasteiger partial charge in [-0.25, -0.2) is 0 Å². The number of rotatable bonds is 8. The molecule has 11 N–H and O–H groups in total. The molecular weight excluding hydrogens is 700 g/mol. The van der Waals surface area contributed by atoms with Crippen LogP contribution in [0.25, 0.3) is 22.3 Å². The van der Waals surface area contributed by atoms with Crippen molar-refractivity contribution in [3.8, 4) is 34.3 Å². The van der Waals surface area contributed by atoms with Gasteiger partial charge in [-0.15, -0.1) is 0 Å². The smallest absolute Gasteiger partial charge is 0.239 e. The van der Waals surface area contributed by atoms with Gasteiger partial charge in [0.05, 0.1) is 18.8 Å². The first-order chi connectivity index (χ1) is 24.6. The Kier molecular flexibility index (Phi) is 11.0. The minimum Gasteiger partial charge on any atom is -0.508 e. The molecule has 0 amide bonds. The summed E-state index contributed by atoms with van der Waals surface area (Å²) in [5.41, 5.74) is -1.13. The van der Waals surface area contributed by atoms with Gasteiger partial charge in [0, 0.05) is 17.7 Å². The Labute approximate surface area is 293 Å². The molecule has 286 valence electrons. The summed E-state index contributed by atoms with van der Waals surface area (Å²) in [5.74, 6) is -2.24. The molecule has 1 aromatic heterocycles. The van der Waals surface area contributed by atoms with Crippen LogP contribution in [0.3, 0.4) is 0 Å². The summed E-state index contributed by atoms with van der Waals surface area (Å²) in [6.45, 7) is 1.83. The van der Waals surface area contributed by atoms with Crippen LogP contribution in [-0.2, 0) is 23.7 Å². The van der Waals surface area contributed by atoms with Crippen LogP contribution in [0.4, 0.5) is 0 Å². The number of phenols is 3. The summed E-state index contributed by atoms with van der Waals surface area (Å²) in [5, 5.41) is 115. The van der Waals surface area contributed by atoms with Gasteiger partial charge in [-0.3, -0.25) is 4.79 Å². The molecule has 52 heavy (non-hydrogen) atoms. The Bertz CT molecular complexity index is 1770. The molecule has 0 radical (unpaired) electrons. The molecule has 0 bridgehead atoms. The zero-order valence-corrected chi connectivity index (χ0v) is 27.5. The largest absolute Gasteiger partial charge is 0.508 e. The maximum absolute atomic E-state index is 13.9. The van der Waals surface area contributed by atoms with E-state index in [0.717, 1.165) is 12.1 Å². The molecule has 19 nitrogen and oxygen atoms in total. The molecule has 0 unspecified atom stereocenters. The van der Waals surface area contributed by atoms with Gasteiger partial charge in [0.1, 0.15) is 89.3 Å². The number of aliphatic hydroxyl groups is 8. The van der Waals surface area contributed by atoms with Crippen molar-refractivity contribution in [2.45, 2.75) is 106 Å². The summed E-state index contributed by atoms with van der Waals surface area (Å²) in [4.78, 5) is 13.9. The van der Waals surface area contributed by atoms with Gasteiger partial charge in [-0.05, 0) is 38.1 Å². The lowest BCUT2D eigenvalue weighted by Gasteiger charge is -2.48. The minimum atomic E-state index is -2.06. The summed E-state index contributed by atoms with van der Waals surface area (Å²) < 4.78 is 40.6. The van der Waals surface area contributed by atoms with Crippen LogP contribution in [0.1, 0.15) is 13.8 Å². The van der Waals surface area contributed by atoms with Crippen LogP contribution in [0.2, 0.25) is 0 Å². The molecule has 3 fully saturated rings. The molecule has 3 aromatic rings. The molecule has 19 heteroatoms. The van der Waals surface area contributed by atoms with Crippen molar-refractivity contribution in [3.63, 3.8) is 0 Å². The highest BCUT2D eigenvalue weighted by Crippen LogP contribution is 2.39. The van der Waals surface area contributed by atoms with Gasteiger partial charge < -0.3 is 89.0 Å². The van der Waals surface area contributed by atoms with Crippen molar-refractivity contribution in [1.82, 2.24) is 0 Å². The predicted molar refractivity (Wildman–Crippen MR) is 170 cm³/mol. The monoisotopic (exact) mass is 740 g/mol. The summed E-state index contributed by atoms with van der Waals surface area (Å²) in [7, 11) is 0. The van der Waals surface area contributed by atoms with E-state index in [9.17, 15) is 61.0 Å². The van der Waals surface area contributed by atoms with E-state index in [2.05, 4.69) is 0 Å². The topological polar surface area (TPSA) is 308 Å². The van der Waals surface area contributed by atoms with Crippen molar-refractivity contribution in [1.29, 1.82) is 0 Å². The van der Waals surface area contributed by atoms with Crippen molar-refractivity contribution < 1.29 is 89.0 Å². The molecule has 0 spiro atoms. The van der Waals surface area contributed by atoms with E-state index in [1.807, 2.05) is 0 Å². The predicted octanol–water partition coefficient (Wildman–Crippen LogP) is -2.54. The van der Waals surface area contributed by atoms with E-state index in [-0.39, 0.29) is 22.7 Å². The quantitative estimate of drug-likeness (QED) is 0.113. The molecule has 6 rings (SSSR count). The number of hydrogen-bond donors (Lipinski definition) is 11. The van der Waals surface area contributed by atoms with Crippen LogP contribution in [0.15, 0.2) is 45.6 Å². The van der Waals surface area contributed by atoms with Gasteiger partial charge in [0.2, 0.25) is 17.5 Å². The van der Waals surface area contributed by atoms with Crippen molar-refractivity contribution in [3.05, 3.63) is 46.6 Å². The number of benzene rings is 2. The molecular formula is C33H40O19. The van der Waals surface area contributed by atoms with E-state index >= 15 is 0 Å². The number of fused-ring (bicyclic) bond motifs is 1. The van der Waals surface area contributed by atoms with E-state index in [1.165, 1.54) is 38.1 Å². The second kappa shape index (κ2) is 15.0. The zero-order chi connectivity index (χ0) is 37.8. The average Bonchev–Trinajstić information content (AvgIpc) is 3.10. The molecule has 2 aromatic carbocycles. The third-order valence-electron chi connectivity index (χ3n) is 9.28. The van der Waals surface area contributed by atoms with Crippen molar-refractivity contribution >= 4 is 11.0 Å². The minimum absolute atomic E-state index is 0.143. The SMILES string of the molecule is C[C@@H]1O[C@@H](O[C@@H]2[C@@H](O[C@@H]3O[C@H](C)[C@H](O)[C@@H](O)[C@@H]3O)[C@@H](O)[C@H](Oc3c(-c4ccc(O)cc4)oc4cc(O)cc(O)c4c3=O)O[C@@H]2CO)[C@@H](O)[C@H](O)[C@H]1O. The Hall–Kier alpha value is -3.67. The van der Waals surface area contributed by atoms with E-state index in [1.54, 1.807) is 0 Å². The lowest BCUT2D eigenvalue weighted by molar-refractivity contribution is -0.378. The number of ether oxygens (including phenoxy) is 6. The first-order valence-corrected chi connectivity index (χ1v) is 16.2. The van der Waals surface area contributed by atoms with E-state index < -0.39 is 127 Å². The molecule has 3 aliphatic heterocycles. The third-order valence-corrected chi connectivity index (χ3v) is 9.28. The Balaban J connectivity index is 1.41. The lowest BCUT2D eigenvalue weighted by atomic mass is 9.96. The van der Waals surface area contributed by atoms with Crippen LogP contribution in [-0.4, -0.2) is 155 Å². The van der Waals surface area contributed by atoms with Crippen molar-refractivity contribution in [2.75, 3.05) is 6.61 Å². The summed E-state index contributed by atoms with van der Waals surface area (Å²) in [6, 6.07) is 7.17. The molecule has 3 saturated heterocycles. The van der Waals surface area contributed by atoms with E-state index in [0.29, 0.717) is 0 Å². The van der Waals surface area contributed by atoms with E-state index in [4.69, 9.17) is 32.8 Å². The van der Waals surface area contributed by atoms with Gasteiger partial charge in [0.15, 0.2) is 18.3 Å². The number of phenolic OH excluding ortho intramolecular Hbond substituents is 3. The normalized spacial score (nSPS) is 38.3. The molecule has 0 aliphatic carbocycles. The van der Waals surface area contributed by atoms with Crippen LogP contribution < -0.4 is 10.2 Å².